The molecule has 42 heavy (non-hydrogen) atoms. The maximum Gasteiger partial charge on any atom is 0.407 e. The zero-order valence-electron chi connectivity index (χ0n) is 25.4. The van der Waals surface area contributed by atoms with E-state index in [-0.39, 0.29) is 23.9 Å². The van der Waals surface area contributed by atoms with Crippen molar-refractivity contribution in [1.82, 2.24) is 9.62 Å². The third-order valence-electron chi connectivity index (χ3n) is 6.45. The normalized spacial score (nSPS) is 13.5. The molecule has 0 aliphatic carbocycles. The quantitative estimate of drug-likeness (QED) is 0.262. The summed E-state index contributed by atoms with van der Waals surface area (Å²) in [6, 6.07) is 23.1. The predicted octanol–water partition coefficient (Wildman–Crippen LogP) is 5.72. The fourth-order valence-corrected chi connectivity index (χ4v) is 6.16. The minimum Gasteiger partial charge on any atom is -0.489 e. The summed E-state index contributed by atoms with van der Waals surface area (Å²) >= 11 is 0. The summed E-state index contributed by atoms with van der Waals surface area (Å²) in [5, 5.41) is 14.2. The Morgan fingerprint density at radius 2 is 1.52 bits per heavy atom. The topological polar surface area (TPSA) is 105 Å². The molecule has 228 valence electrons. The number of nitrogens with one attached hydrogen (secondary N) is 1. The molecule has 9 heteroatoms. The molecule has 0 aliphatic heterocycles. The molecule has 0 unspecified atom stereocenters. The van der Waals surface area contributed by atoms with Crippen molar-refractivity contribution < 1.29 is 27.8 Å². The van der Waals surface area contributed by atoms with Crippen molar-refractivity contribution in [3.8, 4) is 5.75 Å². The highest BCUT2D eigenvalue weighted by Crippen LogP contribution is 2.26. The van der Waals surface area contributed by atoms with Gasteiger partial charge in [0.2, 0.25) is 10.0 Å². The van der Waals surface area contributed by atoms with Crippen molar-refractivity contribution in [3.63, 3.8) is 0 Å². The van der Waals surface area contributed by atoms with Crippen LogP contribution in [-0.4, -0.2) is 54.8 Å². The summed E-state index contributed by atoms with van der Waals surface area (Å²) in [5.74, 6) is 0.589. The summed E-state index contributed by atoms with van der Waals surface area (Å²) in [6.45, 7) is 11.3. The first-order chi connectivity index (χ1) is 19.7. The van der Waals surface area contributed by atoms with E-state index in [0.717, 1.165) is 11.1 Å². The lowest BCUT2D eigenvalue weighted by Crippen LogP contribution is -2.51. The molecule has 0 aromatic heterocycles. The number of sulfonamides is 1. The van der Waals surface area contributed by atoms with Crippen LogP contribution in [0.25, 0.3) is 0 Å². The first-order valence-corrected chi connectivity index (χ1v) is 15.7. The highest BCUT2D eigenvalue weighted by atomic mass is 32.2. The second kappa shape index (κ2) is 14.7. The van der Waals surface area contributed by atoms with E-state index in [4.69, 9.17) is 9.47 Å². The van der Waals surface area contributed by atoms with E-state index in [1.54, 1.807) is 32.9 Å². The van der Waals surface area contributed by atoms with Crippen LogP contribution in [0.15, 0.2) is 83.8 Å². The number of hydrogen-bond donors (Lipinski definition) is 2. The van der Waals surface area contributed by atoms with Gasteiger partial charge >= 0.3 is 6.09 Å². The van der Waals surface area contributed by atoms with Gasteiger partial charge in [0, 0.05) is 13.1 Å². The molecule has 0 saturated carbocycles. The smallest absolute Gasteiger partial charge is 0.407 e. The summed E-state index contributed by atoms with van der Waals surface area (Å²) in [4.78, 5) is 12.8. The van der Waals surface area contributed by atoms with Crippen LogP contribution in [0.2, 0.25) is 0 Å². The van der Waals surface area contributed by atoms with Crippen LogP contribution in [0, 0.1) is 12.8 Å². The fraction of sp³-hybridized carbons (Fsp3) is 0.424. The number of benzene rings is 3. The first kappa shape index (κ1) is 33.1. The van der Waals surface area contributed by atoms with Gasteiger partial charge in [0.1, 0.15) is 18.0 Å². The molecule has 0 spiro atoms. The Morgan fingerprint density at radius 3 is 2.07 bits per heavy atom. The molecule has 0 bridgehead atoms. The molecule has 8 nitrogen and oxygen atoms in total. The highest BCUT2D eigenvalue weighted by molar-refractivity contribution is 7.89. The molecule has 3 rings (SSSR count). The van der Waals surface area contributed by atoms with E-state index in [9.17, 15) is 18.3 Å². The van der Waals surface area contributed by atoms with Crippen molar-refractivity contribution in [1.29, 1.82) is 0 Å². The van der Waals surface area contributed by atoms with Gasteiger partial charge in [-0.1, -0.05) is 74.5 Å². The number of carbonyl (C=O) groups excluding carboxylic acids is 1. The molecule has 0 aliphatic rings. The Morgan fingerprint density at radius 1 is 0.929 bits per heavy atom. The van der Waals surface area contributed by atoms with E-state index in [1.807, 2.05) is 81.4 Å². The molecular weight excluding hydrogens is 552 g/mol. The second-order valence-corrected chi connectivity index (χ2v) is 13.9. The molecule has 2 N–H and O–H groups in total. The number of carbonyl (C=O) groups is 1. The average molecular weight is 597 g/mol. The van der Waals surface area contributed by atoms with Gasteiger partial charge in [-0.15, -0.1) is 0 Å². The molecule has 1 amide bonds. The lowest BCUT2D eigenvalue weighted by molar-refractivity contribution is 0.0400. The van der Waals surface area contributed by atoms with Crippen molar-refractivity contribution in [3.05, 3.63) is 95.6 Å². The summed E-state index contributed by atoms with van der Waals surface area (Å²) < 4.78 is 40.5. The van der Waals surface area contributed by atoms with Crippen LogP contribution in [0.5, 0.6) is 5.75 Å². The van der Waals surface area contributed by atoms with Gasteiger partial charge in [-0.2, -0.15) is 4.31 Å². The number of alkyl carbamates (subject to hydrolysis) is 1. The van der Waals surface area contributed by atoms with Gasteiger partial charge in [-0.3, -0.25) is 0 Å². The fourth-order valence-electron chi connectivity index (χ4n) is 4.45. The Balaban J connectivity index is 1.82. The first-order valence-electron chi connectivity index (χ1n) is 14.2. The third kappa shape index (κ3) is 10.2. The number of rotatable bonds is 13. The molecule has 0 heterocycles. The van der Waals surface area contributed by atoms with Crippen molar-refractivity contribution in [2.45, 2.75) is 77.2 Å². The minimum absolute atomic E-state index is 0.00654. The lowest BCUT2D eigenvalue weighted by Gasteiger charge is -2.31. The SMILES string of the molecule is Cc1cc(S(=O)(=O)N(CC(C)C)C[C@@H](O)[C@H](Cc2ccccc2)NC(=O)OC(C)(C)C)ccc1OCc1ccccc1. The molecule has 3 aromatic carbocycles. The zero-order chi connectivity index (χ0) is 30.9. The van der Waals surface area contributed by atoms with Gasteiger partial charge in [0.05, 0.1) is 17.0 Å². The van der Waals surface area contributed by atoms with Gasteiger partial charge in [-0.05, 0) is 74.9 Å². The van der Waals surface area contributed by atoms with Crippen LogP contribution in [-0.2, 0) is 27.8 Å². The molecule has 2 atom stereocenters. The number of hydrogen-bond acceptors (Lipinski definition) is 6. The number of aliphatic hydroxyl groups is 1. The molecule has 3 aromatic rings. The number of nitrogens with zero attached hydrogens (tertiary/aromatic N) is 1. The van der Waals surface area contributed by atoms with Crippen LogP contribution in [0.3, 0.4) is 0 Å². The van der Waals surface area contributed by atoms with Gasteiger partial charge in [-0.25, -0.2) is 13.2 Å². The van der Waals surface area contributed by atoms with E-state index in [1.165, 1.54) is 10.4 Å². The predicted molar refractivity (Wildman–Crippen MR) is 165 cm³/mol. The minimum atomic E-state index is -3.99. The summed E-state index contributed by atoms with van der Waals surface area (Å²) in [6.07, 6.45) is -1.59. The zero-order valence-corrected chi connectivity index (χ0v) is 26.2. The van der Waals surface area contributed by atoms with E-state index in [0.29, 0.717) is 24.3 Å². The van der Waals surface area contributed by atoms with Crippen molar-refractivity contribution in [2.75, 3.05) is 13.1 Å². The Bertz CT molecular complexity index is 1390. The number of aliphatic hydroxyl groups excluding tert-OH is 1. The maximum absolute atomic E-state index is 13.9. The Hall–Kier alpha value is -3.40. The van der Waals surface area contributed by atoms with E-state index in [2.05, 4.69) is 5.32 Å². The van der Waals surface area contributed by atoms with Crippen molar-refractivity contribution >= 4 is 16.1 Å². The Kier molecular flexibility index (Phi) is 11.6. The second-order valence-electron chi connectivity index (χ2n) is 11.9. The summed E-state index contributed by atoms with van der Waals surface area (Å²) in [7, 11) is -3.99. The van der Waals surface area contributed by atoms with Gasteiger partial charge in [0.15, 0.2) is 0 Å². The lowest BCUT2D eigenvalue weighted by atomic mass is 10.0. The van der Waals surface area contributed by atoms with Gasteiger partial charge in [0.25, 0.3) is 0 Å². The summed E-state index contributed by atoms with van der Waals surface area (Å²) in [5.41, 5.74) is 1.85. The maximum atomic E-state index is 13.9. The van der Waals surface area contributed by atoms with Crippen LogP contribution in [0.1, 0.15) is 51.3 Å². The highest BCUT2D eigenvalue weighted by Gasteiger charge is 2.32. The molecule has 0 radical (unpaired) electrons. The Labute approximate surface area is 250 Å². The largest absolute Gasteiger partial charge is 0.489 e. The van der Waals surface area contributed by atoms with Crippen LogP contribution < -0.4 is 10.1 Å². The van der Waals surface area contributed by atoms with Gasteiger partial charge < -0.3 is 19.9 Å². The molecule has 0 saturated heterocycles. The average Bonchev–Trinajstić information content (AvgIpc) is 2.91. The molecule has 0 fully saturated rings. The van der Waals surface area contributed by atoms with Crippen LogP contribution in [0.4, 0.5) is 4.79 Å². The standard InChI is InChI=1S/C33H44N2O6S/c1-24(2)21-35(22-30(36)29(20-26-13-9-7-10-14-26)34-32(37)41-33(4,5)6)42(38,39)28-17-18-31(25(3)19-28)40-23-27-15-11-8-12-16-27/h7-19,24,29-30,36H,20-23H2,1-6H3,(H,34,37)/t29-,30+/m0/s1. The van der Waals surface area contributed by atoms with Crippen LogP contribution >= 0.6 is 0 Å². The third-order valence-corrected chi connectivity index (χ3v) is 8.27. The van der Waals surface area contributed by atoms with E-state index < -0.39 is 33.9 Å². The number of aryl methyl sites for hydroxylation is 1. The molecular formula is C33H44N2O6S. The van der Waals surface area contributed by atoms with E-state index >= 15 is 0 Å². The monoisotopic (exact) mass is 596 g/mol. The van der Waals surface area contributed by atoms with Crippen molar-refractivity contribution in [2.24, 2.45) is 5.92 Å². The number of ether oxygens (including phenoxy) is 2. The number of amides is 1.